The SMILES string of the molecule is CCCn1cc(-c2cc(O)c3ccc(OC)c(C)c3n2)cn1. The van der Waals surface area contributed by atoms with Crippen molar-refractivity contribution in [3.05, 3.63) is 36.2 Å². The molecule has 0 saturated heterocycles. The van der Waals surface area contributed by atoms with Crippen LogP contribution in [0.15, 0.2) is 30.6 Å². The maximum atomic E-state index is 10.3. The van der Waals surface area contributed by atoms with Crippen molar-refractivity contribution in [1.82, 2.24) is 14.8 Å². The van der Waals surface area contributed by atoms with Gasteiger partial charge >= 0.3 is 0 Å². The molecular weight excluding hydrogens is 278 g/mol. The van der Waals surface area contributed by atoms with Crippen molar-refractivity contribution < 1.29 is 9.84 Å². The molecule has 2 aromatic heterocycles. The van der Waals surface area contributed by atoms with E-state index in [-0.39, 0.29) is 5.75 Å². The number of pyridine rings is 1. The first-order valence-electron chi connectivity index (χ1n) is 7.34. The summed E-state index contributed by atoms with van der Waals surface area (Å²) in [5.74, 6) is 0.979. The van der Waals surface area contributed by atoms with E-state index in [4.69, 9.17) is 9.72 Å². The van der Waals surface area contributed by atoms with E-state index < -0.39 is 0 Å². The molecule has 5 heteroatoms. The number of hydrogen-bond donors (Lipinski definition) is 1. The Balaban J connectivity index is 2.16. The zero-order chi connectivity index (χ0) is 15.7. The monoisotopic (exact) mass is 297 g/mol. The van der Waals surface area contributed by atoms with Crippen molar-refractivity contribution in [2.24, 2.45) is 0 Å². The summed E-state index contributed by atoms with van der Waals surface area (Å²) in [6, 6.07) is 5.35. The van der Waals surface area contributed by atoms with E-state index in [9.17, 15) is 5.11 Å². The Morgan fingerprint density at radius 2 is 2.14 bits per heavy atom. The first kappa shape index (κ1) is 14.4. The Labute approximate surface area is 129 Å². The minimum atomic E-state index is 0.217. The summed E-state index contributed by atoms with van der Waals surface area (Å²) in [6.45, 7) is 4.92. The lowest BCUT2D eigenvalue weighted by molar-refractivity contribution is 0.412. The summed E-state index contributed by atoms with van der Waals surface area (Å²) < 4.78 is 7.22. The van der Waals surface area contributed by atoms with Crippen molar-refractivity contribution in [2.75, 3.05) is 7.11 Å². The van der Waals surface area contributed by atoms with Crippen LogP contribution in [0.25, 0.3) is 22.2 Å². The van der Waals surface area contributed by atoms with E-state index in [1.807, 2.05) is 29.9 Å². The number of fused-ring (bicyclic) bond motifs is 1. The predicted octanol–water partition coefficient (Wildman–Crippen LogP) is 3.53. The Kier molecular flexibility index (Phi) is 3.71. The van der Waals surface area contributed by atoms with Gasteiger partial charge in [0.1, 0.15) is 11.5 Å². The molecule has 0 radical (unpaired) electrons. The highest BCUT2D eigenvalue weighted by Crippen LogP contribution is 2.34. The smallest absolute Gasteiger partial charge is 0.127 e. The number of hydrogen-bond acceptors (Lipinski definition) is 4. The van der Waals surface area contributed by atoms with Crippen molar-refractivity contribution in [2.45, 2.75) is 26.8 Å². The average molecular weight is 297 g/mol. The maximum absolute atomic E-state index is 10.3. The lowest BCUT2D eigenvalue weighted by Gasteiger charge is -2.10. The van der Waals surface area contributed by atoms with Gasteiger partial charge in [-0.2, -0.15) is 5.10 Å². The van der Waals surface area contributed by atoms with Gasteiger partial charge in [0, 0.05) is 35.3 Å². The number of aromatic hydroxyl groups is 1. The summed E-state index contributed by atoms with van der Waals surface area (Å²) in [7, 11) is 1.63. The van der Waals surface area contributed by atoms with Crippen molar-refractivity contribution in [3.8, 4) is 22.8 Å². The van der Waals surface area contributed by atoms with Crippen LogP contribution in [0.4, 0.5) is 0 Å². The van der Waals surface area contributed by atoms with Gasteiger partial charge in [0.05, 0.1) is 24.5 Å². The van der Waals surface area contributed by atoms with Gasteiger partial charge < -0.3 is 9.84 Å². The highest BCUT2D eigenvalue weighted by atomic mass is 16.5. The third-order valence-corrected chi connectivity index (χ3v) is 3.76. The minimum absolute atomic E-state index is 0.217. The van der Waals surface area contributed by atoms with Crippen LogP contribution in [0, 0.1) is 6.92 Å². The zero-order valence-corrected chi connectivity index (χ0v) is 13.0. The summed E-state index contributed by atoms with van der Waals surface area (Å²) >= 11 is 0. The molecule has 0 saturated carbocycles. The minimum Gasteiger partial charge on any atom is -0.507 e. The lowest BCUT2D eigenvalue weighted by atomic mass is 10.1. The van der Waals surface area contributed by atoms with Crippen LogP contribution in [0.2, 0.25) is 0 Å². The van der Waals surface area contributed by atoms with E-state index in [0.717, 1.165) is 40.7 Å². The zero-order valence-electron chi connectivity index (χ0n) is 13.0. The number of nitrogens with zero attached hydrogens (tertiary/aromatic N) is 3. The second-order valence-electron chi connectivity index (χ2n) is 5.31. The molecule has 1 aromatic carbocycles. The number of rotatable bonds is 4. The number of ether oxygens (including phenoxy) is 1. The summed E-state index contributed by atoms with van der Waals surface area (Å²) in [6.07, 6.45) is 4.75. The van der Waals surface area contributed by atoms with Gasteiger partial charge in [0.15, 0.2) is 0 Å². The summed E-state index contributed by atoms with van der Waals surface area (Å²) in [5, 5.41) is 15.3. The molecule has 0 aliphatic heterocycles. The Morgan fingerprint density at radius 3 is 2.86 bits per heavy atom. The maximum Gasteiger partial charge on any atom is 0.127 e. The largest absolute Gasteiger partial charge is 0.507 e. The molecule has 0 spiro atoms. The molecule has 2 heterocycles. The van der Waals surface area contributed by atoms with Crippen LogP contribution >= 0.6 is 0 Å². The molecule has 3 rings (SSSR count). The number of benzene rings is 1. The van der Waals surface area contributed by atoms with E-state index in [1.165, 1.54) is 0 Å². The number of methoxy groups -OCH3 is 1. The second-order valence-corrected chi connectivity index (χ2v) is 5.31. The van der Waals surface area contributed by atoms with Crippen LogP contribution in [-0.2, 0) is 6.54 Å². The topological polar surface area (TPSA) is 60.2 Å². The molecule has 0 fully saturated rings. The predicted molar refractivity (Wildman–Crippen MR) is 86.2 cm³/mol. The van der Waals surface area contributed by atoms with Gasteiger partial charge in [0.25, 0.3) is 0 Å². The fraction of sp³-hybridized carbons (Fsp3) is 0.294. The first-order chi connectivity index (χ1) is 10.6. The molecule has 0 amide bonds. The molecule has 0 bridgehead atoms. The van der Waals surface area contributed by atoms with Crippen LogP contribution in [0.1, 0.15) is 18.9 Å². The average Bonchev–Trinajstić information content (AvgIpc) is 2.97. The first-order valence-corrected chi connectivity index (χ1v) is 7.34. The van der Waals surface area contributed by atoms with E-state index in [0.29, 0.717) is 5.69 Å². The van der Waals surface area contributed by atoms with Gasteiger partial charge in [-0.05, 0) is 25.5 Å². The van der Waals surface area contributed by atoms with Crippen LogP contribution in [0.3, 0.4) is 0 Å². The Bertz CT molecular complexity index is 824. The van der Waals surface area contributed by atoms with Gasteiger partial charge in [-0.3, -0.25) is 4.68 Å². The molecule has 22 heavy (non-hydrogen) atoms. The molecular formula is C17H19N3O2. The van der Waals surface area contributed by atoms with Gasteiger partial charge in [0.2, 0.25) is 0 Å². The molecule has 5 nitrogen and oxygen atoms in total. The third kappa shape index (κ3) is 2.39. The van der Waals surface area contributed by atoms with E-state index in [1.54, 1.807) is 19.4 Å². The molecule has 0 aliphatic carbocycles. The number of aryl methyl sites for hydroxylation is 2. The molecule has 114 valence electrons. The summed E-state index contributed by atoms with van der Waals surface area (Å²) in [4.78, 5) is 4.69. The lowest BCUT2D eigenvalue weighted by Crippen LogP contribution is -1.95. The van der Waals surface area contributed by atoms with Crippen LogP contribution < -0.4 is 4.74 Å². The second kappa shape index (κ2) is 5.67. The third-order valence-electron chi connectivity index (χ3n) is 3.76. The highest BCUT2D eigenvalue weighted by molar-refractivity contribution is 5.91. The summed E-state index contributed by atoms with van der Waals surface area (Å²) in [5.41, 5.74) is 3.27. The molecule has 0 aliphatic rings. The van der Waals surface area contributed by atoms with Crippen LogP contribution in [0.5, 0.6) is 11.5 Å². The molecule has 3 aromatic rings. The Morgan fingerprint density at radius 1 is 1.32 bits per heavy atom. The van der Waals surface area contributed by atoms with Gasteiger partial charge in [-0.25, -0.2) is 4.98 Å². The van der Waals surface area contributed by atoms with Gasteiger partial charge in [-0.1, -0.05) is 6.92 Å². The fourth-order valence-corrected chi connectivity index (χ4v) is 2.61. The van der Waals surface area contributed by atoms with Crippen molar-refractivity contribution in [3.63, 3.8) is 0 Å². The highest BCUT2D eigenvalue weighted by Gasteiger charge is 2.12. The molecule has 0 unspecified atom stereocenters. The number of aromatic nitrogens is 3. The normalized spacial score (nSPS) is 11.0. The standard InChI is InChI=1S/C17H19N3O2/c1-4-7-20-10-12(9-18-20)14-8-15(21)13-5-6-16(22-3)11(2)17(13)19-14/h5-6,8-10H,4,7H2,1-3H3,(H,19,21). The molecule has 1 N–H and O–H groups in total. The van der Waals surface area contributed by atoms with Crippen LogP contribution in [-0.4, -0.2) is 27.0 Å². The van der Waals surface area contributed by atoms with Crippen molar-refractivity contribution >= 4 is 10.9 Å². The van der Waals surface area contributed by atoms with E-state index >= 15 is 0 Å². The fourth-order valence-electron chi connectivity index (χ4n) is 2.61. The quantitative estimate of drug-likeness (QED) is 0.800. The molecule has 0 atom stereocenters. The van der Waals surface area contributed by atoms with Crippen molar-refractivity contribution in [1.29, 1.82) is 0 Å². The van der Waals surface area contributed by atoms with E-state index in [2.05, 4.69) is 12.0 Å². The van der Waals surface area contributed by atoms with Gasteiger partial charge in [-0.15, -0.1) is 0 Å². The Hall–Kier alpha value is -2.56.